The Balaban J connectivity index is 1.89. The van der Waals surface area contributed by atoms with Crippen molar-refractivity contribution in [3.05, 3.63) is 42.2 Å². The zero-order valence-electron chi connectivity index (χ0n) is 11.5. The quantitative estimate of drug-likeness (QED) is 0.784. The molecule has 2 aromatic carbocycles. The summed E-state index contributed by atoms with van der Waals surface area (Å²) in [6.45, 7) is 0. The zero-order chi connectivity index (χ0) is 14.8. The molecule has 21 heavy (non-hydrogen) atoms. The van der Waals surface area contributed by atoms with E-state index in [2.05, 4.69) is 10.3 Å². The standard InChI is InChI=1S/C15H13FN2O2S/c1-19-10-4-5-12-14(8-10)21-15(18-12)17-9-3-6-13(20-2)11(16)7-9/h3-8H,1-2H3,(H,17,18). The van der Waals surface area contributed by atoms with Gasteiger partial charge in [0.05, 0.1) is 24.4 Å². The lowest BCUT2D eigenvalue weighted by molar-refractivity contribution is 0.386. The van der Waals surface area contributed by atoms with Crippen molar-refractivity contribution in [3.8, 4) is 11.5 Å². The summed E-state index contributed by atoms with van der Waals surface area (Å²) in [6, 6.07) is 10.4. The molecule has 0 atom stereocenters. The summed E-state index contributed by atoms with van der Waals surface area (Å²) in [6.07, 6.45) is 0. The van der Waals surface area contributed by atoms with Gasteiger partial charge in [-0.15, -0.1) is 0 Å². The first-order valence-electron chi connectivity index (χ1n) is 6.25. The molecular weight excluding hydrogens is 291 g/mol. The smallest absolute Gasteiger partial charge is 0.188 e. The number of fused-ring (bicyclic) bond motifs is 1. The van der Waals surface area contributed by atoms with Crippen molar-refractivity contribution in [2.75, 3.05) is 19.5 Å². The van der Waals surface area contributed by atoms with E-state index in [0.717, 1.165) is 16.0 Å². The molecule has 0 spiro atoms. The molecule has 0 bridgehead atoms. The lowest BCUT2D eigenvalue weighted by Crippen LogP contribution is -1.92. The first kappa shape index (κ1) is 13.6. The number of anilines is 2. The number of nitrogens with zero attached hydrogens (tertiary/aromatic N) is 1. The van der Waals surface area contributed by atoms with Crippen LogP contribution in [0, 0.1) is 5.82 Å². The van der Waals surface area contributed by atoms with Crippen molar-refractivity contribution in [2.45, 2.75) is 0 Å². The number of hydrogen-bond donors (Lipinski definition) is 1. The molecule has 6 heteroatoms. The SMILES string of the molecule is COc1ccc2nc(Nc3ccc(OC)c(F)c3)sc2c1. The van der Waals surface area contributed by atoms with Crippen LogP contribution in [0.15, 0.2) is 36.4 Å². The first-order chi connectivity index (χ1) is 10.2. The molecule has 0 saturated heterocycles. The van der Waals surface area contributed by atoms with Crippen LogP contribution in [0.2, 0.25) is 0 Å². The monoisotopic (exact) mass is 304 g/mol. The van der Waals surface area contributed by atoms with E-state index in [4.69, 9.17) is 9.47 Å². The highest BCUT2D eigenvalue weighted by atomic mass is 32.1. The highest BCUT2D eigenvalue weighted by Gasteiger charge is 2.07. The molecule has 3 aromatic rings. The number of ether oxygens (including phenoxy) is 2. The Morgan fingerprint density at radius 2 is 1.95 bits per heavy atom. The van der Waals surface area contributed by atoms with Crippen molar-refractivity contribution in [3.63, 3.8) is 0 Å². The third kappa shape index (κ3) is 2.75. The summed E-state index contributed by atoms with van der Waals surface area (Å²) < 4.78 is 24.7. The minimum absolute atomic E-state index is 0.217. The lowest BCUT2D eigenvalue weighted by Gasteiger charge is -2.05. The molecule has 0 unspecified atom stereocenters. The van der Waals surface area contributed by atoms with E-state index in [-0.39, 0.29) is 5.75 Å². The second-order valence-corrected chi connectivity index (χ2v) is 5.36. The largest absolute Gasteiger partial charge is 0.497 e. The molecule has 1 aromatic heterocycles. The number of benzene rings is 2. The van der Waals surface area contributed by atoms with Crippen molar-refractivity contribution in [1.82, 2.24) is 4.98 Å². The van der Waals surface area contributed by atoms with E-state index < -0.39 is 5.82 Å². The van der Waals surface area contributed by atoms with Gasteiger partial charge in [0, 0.05) is 11.8 Å². The van der Waals surface area contributed by atoms with E-state index in [1.54, 1.807) is 19.2 Å². The van der Waals surface area contributed by atoms with Gasteiger partial charge in [-0.3, -0.25) is 0 Å². The average Bonchev–Trinajstić information content (AvgIpc) is 2.88. The Labute approximate surface area is 125 Å². The number of rotatable bonds is 4. The molecule has 4 nitrogen and oxygen atoms in total. The molecule has 0 fully saturated rings. The Kier molecular flexibility index (Phi) is 3.62. The minimum atomic E-state index is -0.412. The van der Waals surface area contributed by atoms with E-state index in [0.29, 0.717) is 10.8 Å². The Hall–Kier alpha value is -2.34. The van der Waals surface area contributed by atoms with E-state index in [1.807, 2.05) is 18.2 Å². The Morgan fingerprint density at radius 3 is 2.67 bits per heavy atom. The minimum Gasteiger partial charge on any atom is -0.497 e. The Bertz CT molecular complexity index is 788. The lowest BCUT2D eigenvalue weighted by atomic mass is 10.3. The second kappa shape index (κ2) is 5.57. The van der Waals surface area contributed by atoms with E-state index >= 15 is 0 Å². The normalized spacial score (nSPS) is 10.6. The molecular formula is C15H13FN2O2S. The fourth-order valence-electron chi connectivity index (χ4n) is 1.95. The summed E-state index contributed by atoms with van der Waals surface area (Å²) in [5, 5.41) is 3.79. The fourth-order valence-corrected chi connectivity index (χ4v) is 2.87. The summed E-state index contributed by atoms with van der Waals surface area (Å²) >= 11 is 1.48. The maximum atomic E-state index is 13.7. The molecule has 0 saturated carbocycles. The second-order valence-electron chi connectivity index (χ2n) is 4.33. The summed E-state index contributed by atoms with van der Waals surface area (Å²) in [5.41, 5.74) is 1.50. The van der Waals surface area contributed by atoms with Gasteiger partial charge in [0.2, 0.25) is 0 Å². The van der Waals surface area contributed by atoms with Gasteiger partial charge in [-0.25, -0.2) is 9.37 Å². The predicted molar refractivity (Wildman–Crippen MR) is 82.4 cm³/mol. The number of thiazole rings is 1. The van der Waals surface area contributed by atoms with Gasteiger partial charge >= 0.3 is 0 Å². The zero-order valence-corrected chi connectivity index (χ0v) is 12.3. The fraction of sp³-hybridized carbons (Fsp3) is 0.133. The molecule has 3 rings (SSSR count). The molecule has 1 heterocycles. The number of hydrogen-bond acceptors (Lipinski definition) is 5. The molecule has 0 amide bonds. The van der Waals surface area contributed by atoms with Gasteiger partial charge in [0.1, 0.15) is 5.75 Å². The average molecular weight is 304 g/mol. The van der Waals surface area contributed by atoms with Crippen LogP contribution in [0.25, 0.3) is 10.2 Å². The Morgan fingerprint density at radius 1 is 1.10 bits per heavy atom. The van der Waals surface area contributed by atoms with E-state index in [9.17, 15) is 4.39 Å². The number of halogens is 1. The van der Waals surface area contributed by atoms with Gasteiger partial charge in [-0.1, -0.05) is 11.3 Å². The molecule has 0 aliphatic rings. The number of methoxy groups -OCH3 is 2. The molecule has 0 radical (unpaired) electrons. The summed E-state index contributed by atoms with van der Waals surface area (Å²) in [5.74, 6) is 0.591. The summed E-state index contributed by atoms with van der Waals surface area (Å²) in [7, 11) is 3.06. The molecule has 0 aliphatic heterocycles. The van der Waals surface area contributed by atoms with Gasteiger partial charge in [-0.05, 0) is 30.3 Å². The van der Waals surface area contributed by atoms with E-state index in [1.165, 1.54) is 24.5 Å². The molecule has 0 aliphatic carbocycles. The maximum absolute atomic E-state index is 13.7. The van der Waals surface area contributed by atoms with Crippen molar-refractivity contribution in [2.24, 2.45) is 0 Å². The van der Waals surface area contributed by atoms with Crippen LogP contribution < -0.4 is 14.8 Å². The van der Waals surface area contributed by atoms with Crippen molar-refractivity contribution in [1.29, 1.82) is 0 Å². The molecule has 1 N–H and O–H groups in total. The highest BCUT2D eigenvalue weighted by Crippen LogP contribution is 2.31. The number of nitrogens with one attached hydrogen (secondary N) is 1. The predicted octanol–water partition coefficient (Wildman–Crippen LogP) is 4.20. The van der Waals surface area contributed by atoms with Crippen LogP contribution in [0.1, 0.15) is 0 Å². The van der Waals surface area contributed by atoms with Crippen LogP contribution in [-0.4, -0.2) is 19.2 Å². The first-order valence-corrected chi connectivity index (χ1v) is 7.06. The maximum Gasteiger partial charge on any atom is 0.188 e. The van der Waals surface area contributed by atoms with Crippen LogP contribution >= 0.6 is 11.3 Å². The van der Waals surface area contributed by atoms with Gasteiger partial charge in [0.25, 0.3) is 0 Å². The topological polar surface area (TPSA) is 43.4 Å². The van der Waals surface area contributed by atoms with Crippen molar-refractivity contribution < 1.29 is 13.9 Å². The van der Waals surface area contributed by atoms with Crippen LogP contribution in [0.4, 0.5) is 15.2 Å². The van der Waals surface area contributed by atoms with Crippen LogP contribution in [0.3, 0.4) is 0 Å². The third-order valence-electron chi connectivity index (χ3n) is 3.00. The van der Waals surface area contributed by atoms with Gasteiger partial charge in [0.15, 0.2) is 16.7 Å². The van der Waals surface area contributed by atoms with Gasteiger partial charge < -0.3 is 14.8 Å². The molecule has 108 valence electrons. The third-order valence-corrected chi connectivity index (χ3v) is 3.93. The van der Waals surface area contributed by atoms with Crippen LogP contribution in [0.5, 0.6) is 11.5 Å². The highest BCUT2D eigenvalue weighted by molar-refractivity contribution is 7.22. The summed E-state index contributed by atoms with van der Waals surface area (Å²) in [4.78, 5) is 4.45. The van der Waals surface area contributed by atoms with Gasteiger partial charge in [-0.2, -0.15) is 0 Å². The van der Waals surface area contributed by atoms with Crippen molar-refractivity contribution >= 4 is 32.4 Å². The van der Waals surface area contributed by atoms with Crippen LogP contribution in [-0.2, 0) is 0 Å². The number of aromatic nitrogens is 1.